The molecular weight excluding hydrogens is 369 g/mol. The molecule has 4 N–H and O–H groups in total. The van der Waals surface area contributed by atoms with Gasteiger partial charge < -0.3 is 25.6 Å². The zero-order valence-corrected chi connectivity index (χ0v) is 14.9. The summed E-state index contributed by atoms with van der Waals surface area (Å²) in [5.74, 6) is -0.413. The molecule has 3 heterocycles. The van der Waals surface area contributed by atoms with Crippen molar-refractivity contribution >= 4 is 17.4 Å². The van der Waals surface area contributed by atoms with Crippen LogP contribution in [0.4, 0.5) is 10.2 Å². The summed E-state index contributed by atoms with van der Waals surface area (Å²) in [5, 5.41) is 16.3. The van der Waals surface area contributed by atoms with Crippen LogP contribution in [0, 0.1) is 5.82 Å². The van der Waals surface area contributed by atoms with Crippen LogP contribution in [0.25, 0.3) is 5.65 Å². The Kier molecular flexibility index (Phi) is 4.47. The summed E-state index contributed by atoms with van der Waals surface area (Å²) in [6.45, 7) is 2.34. The second-order valence-corrected chi connectivity index (χ2v) is 6.42. The van der Waals surface area contributed by atoms with Crippen molar-refractivity contribution in [3.63, 3.8) is 0 Å². The number of rotatable bonds is 5. The Morgan fingerprint density at radius 3 is 3.11 bits per heavy atom. The van der Waals surface area contributed by atoms with Gasteiger partial charge in [-0.1, -0.05) is 0 Å². The number of aromatic nitrogens is 3. The molecule has 4 rings (SSSR count). The van der Waals surface area contributed by atoms with Gasteiger partial charge in [-0.05, 0) is 19.1 Å². The van der Waals surface area contributed by atoms with Gasteiger partial charge in [-0.2, -0.15) is 5.10 Å². The fraction of sp³-hybridized carbons (Fsp3) is 0.278. The molecule has 28 heavy (non-hydrogen) atoms. The lowest BCUT2D eigenvalue weighted by atomic mass is 10.1. The molecule has 0 amide bonds. The van der Waals surface area contributed by atoms with Crippen molar-refractivity contribution in [3.05, 3.63) is 47.5 Å². The van der Waals surface area contributed by atoms with Gasteiger partial charge in [-0.25, -0.2) is 18.7 Å². The first kappa shape index (κ1) is 18.0. The van der Waals surface area contributed by atoms with Gasteiger partial charge in [0.2, 0.25) is 0 Å². The molecule has 0 fully saturated rings. The van der Waals surface area contributed by atoms with Gasteiger partial charge in [-0.3, -0.25) is 0 Å². The number of carboxylic acids is 1. The van der Waals surface area contributed by atoms with Crippen molar-refractivity contribution in [2.45, 2.75) is 19.1 Å². The summed E-state index contributed by atoms with van der Waals surface area (Å²) in [4.78, 5) is 15.6. The average Bonchev–Trinajstić information content (AvgIpc) is 3.10. The first-order valence-electron chi connectivity index (χ1n) is 8.63. The number of fused-ring (bicyclic) bond motifs is 2. The van der Waals surface area contributed by atoms with Crippen LogP contribution in [-0.4, -0.2) is 44.9 Å². The van der Waals surface area contributed by atoms with E-state index >= 15 is 0 Å². The minimum atomic E-state index is -1.12. The molecule has 0 spiro atoms. The zero-order chi connectivity index (χ0) is 19.8. The van der Waals surface area contributed by atoms with Crippen LogP contribution in [0.5, 0.6) is 11.5 Å². The molecular formula is C18H18FN5O4. The van der Waals surface area contributed by atoms with Gasteiger partial charge in [0, 0.05) is 24.4 Å². The molecule has 0 saturated carbocycles. The van der Waals surface area contributed by atoms with Crippen molar-refractivity contribution in [1.29, 1.82) is 0 Å². The Bertz CT molecular complexity index is 1050. The topological polar surface area (TPSA) is 124 Å². The summed E-state index contributed by atoms with van der Waals surface area (Å²) in [6.07, 6.45) is 2.51. The molecule has 10 heteroatoms. The molecule has 3 aromatic rings. The first-order valence-corrected chi connectivity index (χ1v) is 8.63. The van der Waals surface area contributed by atoms with Gasteiger partial charge in [0.05, 0.1) is 12.2 Å². The minimum absolute atomic E-state index is 0.0121. The van der Waals surface area contributed by atoms with Gasteiger partial charge >= 0.3 is 5.97 Å². The van der Waals surface area contributed by atoms with Crippen molar-refractivity contribution in [1.82, 2.24) is 14.6 Å². The fourth-order valence-electron chi connectivity index (χ4n) is 3.04. The Labute approximate surface area is 158 Å². The van der Waals surface area contributed by atoms with Crippen LogP contribution in [0.3, 0.4) is 0 Å². The standard InChI is InChI=1S/C18H18FN5O4/c1-9(12-4-10(19)5-14-16(12)28-11(6-20)8-27-14)22-15-2-3-24-17(23-15)13(7-21-24)18(25)26/h2-5,7,9,11H,6,8,20H2,1H3,(H,22,23)(H,25,26). The number of carboxylic acid groups (broad SMARTS) is 1. The third-order valence-electron chi connectivity index (χ3n) is 4.45. The summed E-state index contributed by atoms with van der Waals surface area (Å²) < 4.78 is 26.9. The van der Waals surface area contributed by atoms with Crippen LogP contribution in [0.1, 0.15) is 28.9 Å². The molecule has 2 aromatic heterocycles. The smallest absolute Gasteiger partial charge is 0.341 e. The second-order valence-electron chi connectivity index (χ2n) is 6.42. The Morgan fingerprint density at radius 2 is 2.36 bits per heavy atom. The van der Waals surface area contributed by atoms with E-state index < -0.39 is 17.8 Å². The summed E-state index contributed by atoms with van der Waals surface area (Å²) >= 11 is 0. The highest BCUT2D eigenvalue weighted by Gasteiger charge is 2.26. The number of anilines is 1. The van der Waals surface area contributed by atoms with Crippen molar-refractivity contribution < 1.29 is 23.8 Å². The lowest BCUT2D eigenvalue weighted by molar-refractivity contribution is 0.0698. The van der Waals surface area contributed by atoms with Crippen molar-refractivity contribution in [2.24, 2.45) is 5.73 Å². The highest BCUT2D eigenvalue weighted by molar-refractivity contribution is 5.94. The number of nitrogens with zero attached hydrogens (tertiary/aromatic N) is 3. The van der Waals surface area contributed by atoms with Gasteiger partial charge in [0.1, 0.15) is 29.9 Å². The maximum atomic E-state index is 14.1. The molecule has 1 aliphatic rings. The van der Waals surface area contributed by atoms with Gasteiger partial charge in [-0.15, -0.1) is 0 Å². The highest BCUT2D eigenvalue weighted by atomic mass is 19.1. The van der Waals surface area contributed by atoms with Crippen LogP contribution < -0.4 is 20.5 Å². The third kappa shape index (κ3) is 3.18. The second kappa shape index (κ2) is 6.97. The van der Waals surface area contributed by atoms with Crippen molar-refractivity contribution in [3.8, 4) is 11.5 Å². The molecule has 2 unspecified atom stereocenters. The molecule has 0 radical (unpaired) electrons. The Morgan fingerprint density at radius 1 is 1.54 bits per heavy atom. The SMILES string of the molecule is CC(Nc1ccn2ncc(C(=O)O)c2n1)c1cc(F)cc2c1OC(CN)CO2. The predicted molar refractivity (Wildman–Crippen MR) is 97.3 cm³/mol. The largest absolute Gasteiger partial charge is 0.486 e. The van der Waals surface area contributed by atoms with E-state index in [2.05, 4.69) is 15.4 Å². The van der Waals surface area contributed by atoms with E-state index in [4.69, 9.17) is 15.2 Å². The van der Waals surface area contributed by atoms with E-state index in [1.165, 1.54) is 22.8 Å². The number of nitrogens with one attached hydrogen (secondary N) is 1. The predicted octanol–water partition coefficient (Wildman–Crippen LogP) is 1.84. The van der Waals surface area contributed by atoms with Crippen molar-refractivity contribution in [2.75, 3.05) is 18.5 Å². The van der Waals surface area contributed by atoms with E-state index in [1.54, 1.807) is 12.3 Å². The minimum Gasteiger partial charge on any atom is -0.486 e. The normalized spacial score (nSPS) is 16.8. The van der Waals surface area contributed by atoms with Gasteiger partial charge in [0.15, 0.2) is 17.1 Å². The van der Waals surface area contributed by atoms with E-state index in [9.17, 15) is 14.3 Å². The van der Waals surface area contributed by atoms with Crippen LogP contribution in [-0.2, 0) is 0 Å². The fourth-order valence-corrected chi connectivity index (χ4v) is 3.04. The lowest BCUT2D eigenvalue weighted by Gasteiger charge is -2.29. The number of nitrogens with two attached hydrogens (primary N) is 1. The number of ether oxygens (including phenoxy) is 2. The quantitative estimate of drug-likeness (QED) is 0.606. The molecule has 9 nitrogen and oxygen atoms in total. The number of benzene rings is 1. The third-order valence-corrected chi connectivity index (χ3v) is 4.45. The molecule has 2 atom stereocenters. The first-order chi connectivity index (χ1) is 13.5. The maximum absolute atomic E-state index is 14.1. The van der Waals surface area contributed by atoms with E-state index in [-0.39, 0.29) is 30.5 Å². The molecule has 0 aliphatic carbocycles. The number of hydrogen-bond acceptors (Lipinski definition) is 7. The zero-order valence-electron chi connectivity index (χ0n) is 14.9. The monoisotopic (exact) mass is 387 g/mol. The average molecular weight is 387 g/mol. The number of halogens is 1. The maximum Gasteiger partial charge on any atom is 0.341 e. The van der Waals surface area contributed by atoms with Crippen LogP contribution >= 0.6 is 0 Å². The number of hydrogen-bond donors (Lipinski definition) is 3. The van der Waals surface area contributed by atoms with E-state index in [0.717, 1.165) is 0 Å². The Balaban J connectivity index is 1.66. The summed E-state index contributed by atoms with van der Waals surface area (Å²) in [6, 6.07) is 3.87. The van der Waals surface area contributed by atoms with E-state index in [0.29, 0.717) is 22.9 Å². The van der Waals surface area contributed by atoms with E-state index in [1.807, 2.05) is 6.92 Å². The number of carbonyl (C=O) groups is 1. The summed E-state index contributed by atoms with van der Waals surface area (Å²) in [7, 11) is 0. The lowest BCUT2D eigenvalue weighted by Crippen LogP contribution is -2.36. The van der Waals surface area contributed by atoms with Crippen LogP contribution in [0.2, 0.25) is 0 Å². The summed E-state index contributed by atoms with van der Waals surface area (Å²) in [5.41, 5.74) is 6.39. The molecule has 1 aromatic carbocycles. The van der Waals surface area contributed by atoms with Gasteiger partial charge in [0.25, 0.3) is 0 Å². The molecule has 1 aliphatic heterocycles. The molecule has 0 saturated heterocycles. The molecule has 146 valence electrons. The Hall–Kier alpha value is -3.40. The molecule has 0 bridgehead atoms. The van der Waals surface area contributed by atoms with Crippen LogP contribution in [0.15, 0.2) is 30.6 Å². The highest BCUT2D eigenvalue weighted by Crippen LogP contribution is 2.40. The number of aromatic carboxylic acids is 1.